The van der Waals surface area contributed by atoms with Gasteiger partial charge in [-0.15, -0.1) is 0 Å². The molecule has 4 heteroatoms. The summed E-state index contributed by atoms with van der Waals surface area (Å²) in [4.78, 5) is 2.48. The van der Waals surface area contributed by atoms with E-state index < -0.39 is 0 Å². The zero-order valence-electron chi connectivity index (χ0n) is 11.0. The minimum atomic E-state index is 0.785. The second-order valence-corrected chi connectivity index (χ2v) is 5.70. The molecule has 1 fully saturated rings. The highest BCUT2D eigenvalue weighted by atomic mass is 32.2. The minimum absolute atomic E-state index is 0.785. The summed E-state index contributed by atoms with van der Waals surface area (Å²) in [6.07, 6.45) is 0. The van der Waals surface area contributed by atoms with Crippen molar-refractivity contribution in [2.45, 2.75) is 6.54 Å². The number of ether oxygens (including phenoxy) is 1. The van der Waals surface area contributed by atoms with E-state index in [1.165, 1.54) is 30.2 Å². The van der Waals surface area contributed by atoms with Gasteiger partial charge in [-0.25, -0.2) is 0 Å². The quantitative estimate of drug-likeness (QED) is 0.849. The lowest BCUT2D eigenvalue weighted by molar-refractivity contribution is 0.222. The maximum absolute atomic E-state index is 5.82. The van der Waals surface area contributed by atoms with Gasteiger partial charge < -0.3 is 10.1 Å². The Morgan fingerprint density at radius 2 is 2.17 bits per heavy atom. The van der Waals surface area contributed by atoms with Gasteiger partial charge in [0.1, 0.15) is 12.4 Å². The highest BCUT2D eigenvalue weighted by Gasteiger charge is 2.09. The average Bonchev–Trinajstić information content (AvgIpc) is 2.41. The molecule has 3 nitrogen and oxygen atoms in total. The zero-order valence-corrected chi connectivity index (χ0v) is 11.8. The van der Waals surface area contributed by atoms with Crippen molar-refractivity contribution in [2.24, 2.45) is 0 Å². The molecule has 100 valence electrons. The van der Waals surface area contributed by atoms with Crippen molar-refractivity contribution in [1.82, 2.24) is 10.2 Å². The van der Waals surface area contributed by atoms with Gasteiger partial charge in [0.25, 0.3) is 0 Å². The van der Waals surface area contributed by atoms with Gasteiger partial charge in [-0.2, -0.15) is 11.8 Å². The smallest absolute Gasteiger partial charge is 0.119 e. The molecule has 18 heavy (non-hydrogen) atoms. The summed E-state index contributed by atoms with van der Waals surface area (Å²) >= 11 is 2.05. The molecule has 0 unspecified atom stereocenters. The van der Waals surface area contributed by atoms with Crippen molar-refractivity contribution >= 4 is 11.8 Å². The van der Waals surface area contributed by atoms with Gasteiger partial charge in [0.05, 0.1) is 0 Å². The summed E-state index contributed by atoms with van der Waals surface area (Å²) in [6, 6.07) is 8.32. The van der Waals surface area contributed by atoms with Crippen LogP contribution >= 0.6 is 11.8 Å². The third-order valence-electron chi connectivity index (χ3n) is 3.06. The Morgan fingerprint density at radius 1 is 1.33 bits per heavy atom. The molecule has 0 bridgehead atoms. The monoisotopic (exact) mass is 266 g/mol. The third-order valence-corrected chi connectivity index (χ3v) is 4.00. The van der Waals surface area contributed by atoms with E-state index in [9.17, 15) is 0 Å². The fourth-order valence-electron chi connectivity index (χ4n) is 2.07. The first-order chi connectivity index (χ1) is 8.88. The molecule has 1 saturated heterocycles. The molecular formula is C14H22N2OS. The predicted molar refractivity (Wildman–Crippen MR) is 78.5 cm³/mol. The Kier molecular flexibility index (Phi) is 5.84. The van der Waals surface area contributed by atoms with Crippen LogP contribution in [0.15, 0.2) is 24.3 Å². The lowest BCUT2D eigenvalue weighted by Gasteiger charge is -2.25. The molecular weight excluding hydrogens is 244 g/mol. The average molecular weight is 266 g/mol. The van der Waals surface area contributed by atoms with Crippen molar-refractivity contribution in [1.29, 1.82) is 0 Å². The molecule has 1 N–H and O–H groups in total. The van der Waals surface area contributed by atoms with Crippen LogP contribution in [0.4, 0.5) is 0 Å². The van der Waals surface area contributed by atoms with Gasteiger partial charge in [0.2, 0.25) is 0 Å². The fraction of sp³-hybridized carbons (Fsp3) is 0.571. The lowest BCUT2D eigenvalue weighted by Crippen LogP contribution is -2.35. The summed E-state index contributed by atoms with van der Waals surface area (Å²) in [5.41, 5.74) is 1.27. The molecule has 1 aromatic carbocycles. The maximum Gasteiger partial charge on any atom is 0.119 e. The minimum Gasteiger partial charge on any atom is -0.492 e. The highest BCUT2D eigenvalue weighted by molar-refractivity contribution is 7.99. The number of rotatable bonds is 6. The van der Waals surface area contributed by atoms with Crippen LogP contribution in [0.25, 0.3) is 0 Å². The molecule has 1 aromatic rings. The van der Waals surface area contributed by atoms with E-state index in [0.717, 1.165) is 25.4 Å². The molecule has 0 aliphatic carbocycles. The number of nitrogens with zero attached hydrogens (tertiary/aromatic N) is 1. The second kappa shape index (κ2) is 7.67. The van der Waals surface area contributed by atoms with Crippen LogP contribution in [-0.4, -0.2) is 49.7 Å². The van der Waals surface area contributed by atoms with E-state index in [4.69, 9.17) is 4.74 Å². The van der Waals surface area contributed by atoms with Crippen molar-refractivity contribution in [3.8, 4) is 5.75 Å². The highest BCUT2D eigenvalue weighted by Crippen LogP contribution is 2.14. The first-order valence-corrected chi connectivity index (χ1v) is 7.70. The normalized spacial score (nSPS) is 16.7. The van der Waals surface area contributed by atoms with Crippen molar-refractivity contribution in [3.05, 3.63) is 29.8 Å². The largest absolute Gasteiger partial charge is 0.492 e. The van der Waals surface area contributed by atoms with Crippen LogP contribution in [0.3, 0.4) is 0 Å². The van der Waals surface area contributed by atoms with Crippen molar-refractivity contribution in [2.75, 3.05) is 44.8 Å². The van der Waals surface area contributed by atoms with Gasteiger partial charge in [0.15, 0.2) is 0 Å². The molecule has 0 aromatic heterocycles. The Balaban J connectivity index is 1.73. The molecule has 1 aliphatic rings. The molecule has 0 spiro atoms. The Morgan fingerprint density at radius 3 is 2.94 bits per heavy atom. The fourth-order valence-corrected chi connectivity index (χ4v) is 3.05. The molecule has 0 radical (unpaired) electrons. The third kappa shape index (κ3) is 4.52. The maximum atomic E-state index is 5.82. The Hall–Kier alpha value is -0.710. The van der Waals surface area contributed by atoms with E-state index in [1.54, 1.807) is 0 Å². The van der Waals surface area contributed by atoms with Crippen LogP contribution in [0, 0.1) is 0 Å². The van der Waals surface area contributed by atoms with Crippen LogP contribution in [0.5, 0.6) is 5.75 Å². The SMILES string of the molecule is CNCc1cccc(OCCN2CCSCC2)c1. The summed E-state index contributed by atoms with van der Waals surface area (Å²) in [7, 11) is 1.96. The molecule has 1 aliphatic heterocycles. The topological polar surface area (TPSA) is 24.5 Å². The Bertz CT molecular complexity index is 353. The summed E-state index contributed by atoms with van der Waals surface area (Å²) in [5.74, 6) is 3.50. The molecule has 0 amide bonds. The van der Waals surface area contributed by atoms with Gasteiger partial charge in [-0.3, -0.25) is 4.90 Å². The second-order valence-electron chi connectivity index (χ2n) is 4.48. The molecule has 2 rings (SSSR count). The van der Waals surface area contributed by atoms with Crippen LogP contribution in [-0.2, 0) is 6.54 Å². The van der Waals surface area contributed by atoms with E-state index in [0.29, 0.717) is 0 Å². The number of hydrogen-bond acceptors (Lipinski definition) is 4. The molecule has 0 atom stereocenters. The van der Waals surface area contributed by atoms with Gasteiger partial charge >= 0.3 is 0 Å². The summed E-state index contributed by atoms with van der Waals surface area (Å²) in [6.45, 7) is 5.12. The predicted octanol–water partition coefficient (Wildman–Crippen LogP) is 1.83. The van der Waals surface area contributed by atoms with Crippen molar-refractivity contribution in [3.63, 3.8) is 0 Å². The van der Waals surface area contributed by atoms with E-state index in [2.05, 4.69) is 28.4 Å². The number of hydrogen-bond donors (Lipinski definition) is 1. The summed E-state index contributed by atoms with van der Waals surface area (Å²) in [5, 5.41) is 3.15. The lowest BCUT2D eigenvalue weighted by atomic mass is 10.2. The standard InChI is InChI=1S/C14H22N2OS/c1-15-12-13-3-2-4-14(11-13)17-8-5-16-6-9-18-10-7-16/h2-4,11,15H,5-10,12H2,1H3. The van der Waals surface area contributed by atoms with E-state index >= 15 is 0 Å². The number of nitrogens with one attached hydrogen (secondary N) is 1. The van der Waals surface area contributed by atoms with Gasteiger partial charge in [0, 0.05) is 37.7 Å². The first kappa shape index (κ1) is 13.7. The molecule has 0 saturated carbocycles. The van der Waals surface area contributed by atoms with E-state index in [-0.39, 0.29) is 0 Å². The van der Waals surface area contributed by atoms with Crippen molar-refractivity contribution < 1.29 is 4.74 Å². The van der Waals surface area contributed by atoms with Crippen LogP contribution in [0.2, 0.25) is 0 Å². The van der Waals surface area contributed by atoms with Crippen LogP contribution < -0.4 is 10.1 Å². The molecule has 1 heterocycles. The number of benzene rings is 1. The zero-order chi connectivity index (χ0) is 12.6. The summed E-state index contributed by atoms with van der Waals surface area (Å²) < 4.78 is 5.82. The van der Waals surface area contributed by atoms with Gasteiger partial charge in [-0.1, -0.05) is 12.1 Å². The van der Waals surface area contributed by atoms with Gasteiger partial charge in [-0.05, 0) is 24.7 Å². The van der Waals surface area contributed by atoms with Crippen LogP contribution in [0.1, 0.15) is 5.56 Å². The first-order valence-electron chi connectivity index (χ1n) is 6.55. The van der Waals surface area contributed by atoms with E-state index in [1.807, 2.05) is 24.9 Å². The Labute approximate surface area is 114 Å². The number of thioether (sulfide) groups is 1.